The van der Waals surface area contributed by atoms with Gasteiger partial charge in [0.1, 0.15) is 0 Å². The Kier molecular flexibility index (Phi) is 4.91. The first kappa shape index (κ1) is 16.3. The van der Waals surface area contributed by atoms with E-state index in [1.807, 2.05) is 30.6 Å². The van der Waals surface area contributed by atoms with Crippen LogP contribution >= 0.6 is 0 Å². The van der Waals surface area contributed by atoms with Gasteiger partial charge >= 0.3 is 0 Å². The van der Waals surface area contributed by atoms with Crippen molar-refractivity contribution in [1.29, 1.82) is 0 Å². The van der Waals surface area contributed by atoms with Gasteiger partial charge in [-0.25, -0.2) is 0 Å². The Morgan fingerprint density at radius 1 is 1.05 bits per heavy atom. The lowest BCUT2D eigenvalue weighted by molar-refractivity contribution is -0.146. The molecule has 0 bridgehead atoms. The summed E-state index contributed by atoms with van der Waals surface area (Å²) in [5, 5.41) is 0. The first-order chi connectivity index (χ1) is 9.84. The molecular formula is C16H29N3O2. The molecule has 21 heavy (non-hydrogen) atoms. The van der Waals surface area contributed by atoms with E-state index in [0.717, 1.165) is 19.3 Å². The number of rotatable bonds is 2. The van der Waals surface area contributed by atoms with Crippen LogP contribution in [0.5, 0.6) is 0 Å². The molecule has 1 aliphatic heterocycles. The summed E-state index contributed by atoms with van der Waals surface area (Å²) in [7, 11) is 0. The van der Waals surface area contributed by atoms with E-state index < -0.39 is 0 Å². The molecule has 1 heterocycles. The second-order valence-corrected chi connectivity index (χ2v) is 7.40. The number of hydrogen-bond acceptors (Lipinski definition) is 3. The molecule has 0 aromatic carbocycles. The monoisotopic (exact) mass is 295 g/mol. The second kappa shape index (κ2) is 6.34. The van der Waals surface area contributed by atoms with Gasteiger partial charge in [0.2, 0.25) is 11.8 Å². The lowest BCUT2D eigenvalue weighted by Gasteiger charge is -2.39. The van der Waals surface area contributed by atoms with Crippen molar-refractivity contribution < 1.29 is 9.59 Å². The Hall–Kier alpha value is -1.10. The Morgan fingerprint density at radius 3 is 2.14 bits per heavy atom. The molecule has 2 N–H and O–H groups in total. The molecule has 2 fully saturated rings. The minimum Gasteiger partial charge on any atom is -0.339 e. The zero-order valence-corrected chi connectivity index (χ0v) is 13.6. The lowest BCUT2D eigenvalue weighted by Crippen LogP contribution is -2.54. The molecule has 1 saturated heterocycles. The molecule has 5 nitrogen and oxygen atoms in total. The van der Waals surface area contributed by atoms with Crippen molar-refractivity contribution in [3.8, 4) is 0 Å². The summed E-state index contributed by atoms with van der Waals surface area (Å²) in [6.07, 6.45) is 3.16. The second-order valence-electron chi connectivity index (χ2n) is 7.40. The molecule has 0 spiro atoms. The molecule has 1 saturated carbocycles. The third-order valence-corrected chi connectivity index (χ3v) is 4.80. The molecule has 0 unspecified atom stereocenters. The number of piperazine rings is 1. The molecular weight excluding hydrogens is 266 g/mol. The quantitative estimate of drug-likeness (QED) is 0.829. The van der Waals surface area contributed by atoms with Gasteiger partial charge in [-0.3, -0.25) is 9.59 Å². The number of amides is 2. The van der Waals surface area contributed by atoms with Gasteiger partial charge < -0.3 is 15.5 Å². The van der Waals surface area contributed by atoms with Crippen molar-refractivity contribution in [3.05, 3.63) is 0 Å². The predicted molar refractivity (Wildman–Crippen MR) is 82.5 cm³/mol. The third-order valence-electron chi connectivity index (χ3n) is 4.80. The number of hydrogen-bond donors (Lipinski definition) is 1. The smallest absolute Gasteiger partial charge is 0.228 e. The third kappa shape index (κ3) is 3.57. The number of nitrogens with two attached hydrogens (primary N) is 1. The first-order valence-corrected chi connectivity index (χ1v) is 8.13. The van der Waals surface area contributed by atoms with Gasteiger partial charge in [-0.1, -0.05) is 27.2 Å². The van der Waals surface area contributed by atoms with Crippen LogP contribution in [-0.2, 0) is 9.59 Å². The summed E-state index contributed by atoms with van der Waals surface area (Å²) < 4.78 is 0. The summed E-state index contributed by atoms with van der Waals surface area (Å²) >= 11 is 0. The summed E-state index contributed by atoms with van der Waals surface area (Å²) in [5.41, 5.74) is 5.43. The Balaban J connectivity index is 1.89. The van der Waals surface area contributed by atoms with Gasteiger partial charge in [0.15, 0.2) is 0 Å². The van der Waals surface area contributed by atoms with Crippen molar-refractivity contribution in [1.82, 2.24) is 9.80 Å². The van der Waals surface area contributed by atoms with Crippen LogP contribution in [0.15, 0.2) is 0 Å². The average molecular weight is 295 g/mol. The molecule has 2 aliphatic rings. The fourth-order valence-electron chi connectivity index (χ4n) is 3.48. The van der Waals surface area contributed by atoms with E-state index in [1.165, 1.54) is 0 Å². The van der Waals surface area contributed by atoms with Crippen molar-refractivity contribution in [3.63, 3.8) is 0 Å². The fourth-order valence-corrected chi connectivity index (χ4v) is 3.48. The average Bonchev–Trinajstić information content (AvgIpc) is 2.93. The highest BCUT2D eigenvalue weighted by molar-refractivity contribution is 5.83. The summed E-state index contributed by atoms with van der Waals surface area (Å²) in [4.78, 5) is 28.7. The lowest BCUT2D eigenvalue weighted by atomic mass is 9.93. The highest BCUT2D eigenvalue weighted by Gasteiger charge is 2.37. The van der Waals surface area contributed by atoms with E-state index in [1.54, 1.807) is 0 Å². The highest BCUT2D eigenvalue weighted by atomic mass is 16.2. The fraction of sp³-hybridized carbons (Fsp3) is 0.875. The summed E-state index contributed by atoms with van der Waals surface area (Å²) in [6, 6.07) is 0. The zero-order valence-electron chi connectivity index (χ0n) is 13.6. The molecule has 2 rings (SSSR count). The minimum absolute atomic E-state index is 0.111. The zero-order chi connectivity index (χ0) is 15.6. The molecule has 2 atom stereocenters. The van der Waals surface area contributed by atoms with E-state index in [0.29, 0.717) is 38.6 Å². The molecule has 120 valence electrons. The van der Waals surface area contributed by atoms with Crippen LogP contribution in [0.4, 0.5) is 0 Å². The molecule has 0 aromatic rings. The van der Waals surface area contributed by atoms with E-state index in [2.05, 4.69) is 0 Å². The van der Waals surface area contributed by atoms with Crippen LogP contribution in [0.3, 0.4) is 0 Å². The molecule has 1 aliphatic carbocycles. The van der Waals surface area contributed by atoms with E-state index in [-0.39, 0.29) is 23.1 Å². The van der Waals surface area contributed by atoms with E-state index >= 15 is 0 Å². The maximum absolute atomic E-state index is 12.6. The van der Waals surface area contributed by atoms with Gasteiger partial charge in [0.05, 0.1) is 0 Å². The van der Waals surface area contributed by atoms with Gasteiger partial charge in [-0.05, 0) is 25.3 Å². The summed E-state index contributed by atoms with van der Waals surface area (Å²) in [5.74, 6) is 0.896. The SMILES string of the molecule is CC(C)(C)C(=O)N1CCN(C(=O)[C@@H]2CCC[C@@H]2CN)CC1. The van der Waals surface area contributed by atoms with Crippen LogP contribution < -0.4 is 5.73 Å². The Bertz CT molecular complexity index is 395. The predicted octanol–water partition coefficient (Wildman–Crippen LogP) is 1.08. The highest BCUT2D eigenvalue weighted by Crippen LogP contribution is 2.32. The van der Waals surface area contributed by atoms with Crippen molar-refractivity contribution in [2.45, 2.75) is 40.0 Å². The number of carbonyl (C=O) groups excluding carboxylic acids is 2. The topological polar surface area (TPSA) is 66.6 Å². The van der Waals surface area contributed by atoms with Crippen LogP contribution in [0, 0.1) is 17.3 Å². The van der Waals surface area contributed by atoms with E-state index in [9.17, 15) is 9.59 Å². The largest absolute Gasteiger partial charge is 0.339 e. The van der Waals surface area contributed by atoms with Crippen LogP contribution in [0.25, 0.3) is 0 Å². The standard InChI is InChI=1S/C16H29N3O2/c1-16(2,3)15(21)19-9-7-18(8-10-19)14(20)13-6-4-5-12(13)11-17/h12-13H,4-11,17H2,1-3H3/t12-,13-/m1/s1. The van der Waals surface area contributed by atoms with Gasteiger partial charge in [0.25, 0.3) is 0 Å². The molecule has 5 heteroatoms. The molecule has 0 radical (unpaired) electrons. The summed E-state index contributed by atoms with van der Waals surface area (Å²) in [6.45, 7) is 9.07. The molecule has 2 amide bonds. The van der Waals surface area contributed by atoms with Gasteiger partial charge in [-0.15, -0.1) is 0 Å². The van der Waals surface area contributed by atoms with Crippen molar-refractivity contribution in [2.75, 3.05) is 32.7 Å². The Labute approximate surface area is 127 Å². The van der Waals surface area contributed by atoms with Crippen LogP contribution in [-0.4, -0.2) is 54.3 Å². The van der Waals surface area contributed by atoms with Gasteiger partial charge in [-0.2, -0.15) is 0 Å². The maximum atomic E-state index is 12.6. The van der Waals surface area contributed by atoms with E-state index in [4.69, 9.17) is 5.73 Å². The number of nitrogens with zero attached hydrogens (tertiary/aromatic N) is 2. The molecule has 0 aromatic heterocycles. The van der Waals surface area contributed by atoms with Gasteiger partial charge in [0, 0.05) is 37.5 Å². The first-order valence-electron chi connectivity index (χ1n) is 8.13. The minimum atomic E-state index is -0.345. The number of carbonyl (C=O) groups is 2. The van der Waals surface area contributed by atoms with Crippen LogP contribution in [0.1, 0.15) is 40.0 Å². The maximum Gasteiger partial charge on any atom is 0.228 e. The normalized spacial score (nSPS) is 27.0. The van der Waals surface area contributed by atoms with Crippen molar-refractivity contribution in [2.24, 2.45) is 23.0 Å². The van der Waals surface area contributed by atoms with Crippen molar-refractivity contribution >= 4 is 11.8 Å². The van der Waals surface area contributed by atoms with Crippen LogP contribution in [0.2, 0.25) is 0 Å². The Morgan fingerprint density at radius 2 is 1.62 bits per heavy atom.